The van der Waals surface area contributed by atoms with Crippen molar-refractivity contribution in [2.75, 3.05) is 6.54 Å². The monoisotopic (exact) mass is 212 g/mol. The van der Waals surface area contributed by atoms with Gasteiger partial charge in [0.2, 0.25) is 5.91 Å². The lowest BCUT2D eigenvalue weighted by Gasteiger charge is -2.31. The molecule has 3 unspecified atom stereocenters. The molecule has 1 amide bonds. The number of nitrogens with one attached hydrogen (secondary N) is 1. The van der Waals surface area contributed by atoms with E-state index in [1.807, 2.05) is 4.90 Å². The predicted molar refractivity (Wildman–Crippen MR) is 62.5 cm³/mol. The quantitative estimate of drug-likeness (QED) is 0.755. The molecule has 88 valence electrons. The van der Waals surface area contributed by atoms with Crippen LogP contribution in [0.25, 0.3) is 0 Å². The molecule has 1 aliphatic heterocycles. The number of carbonyl (C=O) groups excluding carboxylic acids is 1. The molecule has 3 nitrogen and oxygen atoms in total. The zero-order valence-corrected chi connectivity index (χ0v) is 10.4. The fourth-order valence-corrected chi connectivity index (χ4v) is 2.33. The maximum absolute atomic E-state index is 11.7. The van der Waals surface area contributed by atoms with Gasteiger partial charge in [-0.2, -0.15) is 0 Å². The van der Waals surface area contributed by atoms with E-state index < -0.39 is 0 Å². The van der Waals surface area contributed by atoms with Crippen molar-refractivity contribution < 1.29 is 4.79 Å². The van der Waals surface area contributed by atoms with Crippen molar-refractivity contribution in [2.45, 2.75) is 59.2 Å². The second kappa shape index (κ2) is 5.50. The minimum Gasteiger partial charge on any atom is -0.323 e. The summed E-state index contributed by atoms with van der Waals surface area (Å²) in [5.41, 5.74) is 0. The van der Waals surface area contributed by atoms with Crippen LogP contribution in [0.2, 0.25) is 0 Å². The molecule has 0 aromatic rings. The van der Waals surface area contributed by atoms with E-state index >= 15 is 0 Å². The minimum absolute atomic E-state index is 0.261. The van der Waals surface area contributed by atoms with E-state index in [1.54, 1.807) is 0 Å². The number of nitrogens with zero attached hydrogens (tertiary/aromatic N) is 1. The van der Waals surface area contributed by atoms with Gasteiger partial charge >= 0.3 is 0 Å². The first kappa shape index (κ1) is 12.5. The molecule has 3 heteroatoms. The highest BCUT2D eigenvalue weighted by Gasteiger charge is 2.32. The first-order valence-corrected chi connectivity index (χ1v) is 6.14. The topological polar surface area (TPSA) is 32.3 Å². The summed E-state index contributed by atoms with van der Waals surface area (Å²) in [6.45, 7) is 9.27. The number of hydrogen-bond acceptors (Lipinski definition) is 2. The summed E-state index contributed by atoms with van der Waals surface area (Å²) >= 11 is 0. The third kappa shape index (κ3) is 2.94. The maximum Gasteiger partial charge on any atom is 0.238 e. The van der Waals surface area contributed by atoms with Crippen LogP contribution in [0.5, 0.6) is 0 Å². The van der Waals surface area contributed by atoms with Gasteiger partial charge in [-0.1, -0.05) is 27.2 Å². The Morgan fingerprint density at radius 3 is 2.67 bits per heavy atom. The minimum atomic E-state index is 0.261. The molecule has 0 bridgehead atoms. The van der Waals surface area contributed by atoms with Crippen molar-refractivity contribution in [3.05, 3.63) is 0 Å². The fraction of sp³-hybridized carbons (Fsp3) is 0.917. The molecular weight excluding hydrogens is 188 g/mol. The van der Waals surface area contributed by atoms with Gasteiger partial charge in [0.15, 0.2) is 0 Å². The van der Waals surface area contributed by atoms with Gasteiger partial charge in [-0.25, -0.2) is 0 Å². The summed E-state index contributed by atoms with van der Waals surface area (Å²) in [4.78, 5) is 13.8. The van der Waals surface area contributed by atoms with Gasteiger partial charge in [-0.05, 0) is 25.7 Å². The number of hydrogen-bond donors (Lipinski definition) is 1. The predicted octanol–water partition coefficient (Wildman–Crippen LogP) is 1.98. The van der Waals surface area contributed by atoms with E-state index in [-0.39, 0.29) is 12.1 Å². The number of rotatable bonds is 5. The number of carbonyl (C=O) groups is 1. The lowest BCUT2D eigenvalue weighted by molar-refractivity contribution is -0.130. The molecule has 1 N–H and O–H groups in total. The average Bonchev–Trinajstić information content (AvgIpc) is 2.59. The van der Waals surface area contributed by atoms with Crippen molar-refractivity contribution in [2.24, 2.45) is 5.92 Å². The van der Waals surface area contributed by atoms with Gasteiger partial charge in [0.25, 0.3) is 0 Å². The lowest BCUT2D eigenvalue weighted by Crippen LogP contribution is -2.43. The van der Waals surface area contributed by atoms with Gasteiger partial charge in [-0.15, -0.1) is 0 Å². The van der Waals surface area contributed by atoms with Crippen LogP contribution in [0.15, 0.2) is 0 Å². The standard InChI is InChI=1S/C12H24N2O/c1-5-9(3)7-10(4)14-11(6-2)13-8-12(14)15/h9-11,13H,5-8H2,1-4H3. The van der Waals surface area contributed by atoms with Gasteiger partial charge in [-0.3, -0.25) is 10.1 Å². The molecule has 3 atom stereocenters. The Labute approximate surface area is 93.2 Å². The molecule has 1 heterocycles. The average molecular weight is 212 g/mol. The van der Waals surface area contributed by atoms with E-state index in [4.69, 9.17) is 0 Å². The van der Waals surface area contributed by atoms with E-state index in [0.717, 1.165) is 12.8 Å². The van der Waals surface area contributed by atoms with Crippen LogP contribution in [-0.4, -0.2) is 29.6 Å². The normalized spacial score (nSPS) is 25.7. The van der Waals surface area contributed by atoms with Crippen LogP contribution in [0.1, 0.15) is 47.0 Å². The smallest absolute Gasteiger partial charge is 0.238 e. The Kier molecular flexibility index (Phi) is 4.58. The molecule has 0 aromatic heterocycles. The summed E-state index contributed by atoms with van der Waals surface area (Å²) in [5, 5.41) is 3.25. The summed E-state index contributed by atoms with van der Waals surface area (Å²) in [6, 6.07) is 0.368. The van der Waals surface area contributed by atoms with E-state index in [2.05, 4.69) is 33.0 Å². The van der Waals surface area contributed by atoms with Gasteiger partial charge in [0.05, 0.1) is 12.7 Å². The molecule has 15 heavy (non-hydrogen) atoms. The Hall–Kier alpha value is -0.570. The van der Waals surface area contributed by atoms with Crippen molar-refractivity contribution in [1.82, 2.24) is 10.2 Å². The molecule has 1 saturated heterocycles. The maximum atomic E-state index is 11.7. The Balaban J connectivity index is 2.56. The molecule has 0 radical (unpaired) electrons. The second-order valence-corrected chi connectivity index (χ2v) is 4.70. The first-order valence-electron chi connectivity index (χ1n) is 6.14. The largest absolute Gasteiger partial charge is 0.323 e. The van der Waals surface area contributed by atoms with E-state index in [1.165, 1.54) is 6.42 Å². The van der Waals surface area contributed by atoms with E-state index in [9.17, 15) is 4.79 Å². The van der Waals surface area contributed by atoms with Crippen molar-refractivity contribution in [3.8, 4) is 0 Å². The van der Waals surface area contributed by atoms with Gasteiger partial charge < -0.3 is 4.90 Å². The molecular formula is C12H24N2O. The van der Waals surface area contributed by atoms with Crippen LogP contribution < -0.4 is 5.32 Å². The molecule has 1 fully saturated rings. The number of amides is 1. The Morgan fingerprint density at radius 2 is 2.13 bits per heavy atom. The molecule has 0 aromatic carbocycles. The molecule has 1 aliphatic rings. The fourth-order valence-electron chi connectivity index (χ4n) is 2.33. The molecule has 1 rings (SSSR count). The summed E-state index contributed by atoms with van der Waals surface area (Å²) in [7, 11) is 0. The second-order valence-electron chi connectivity index (χ2n) is 4.70. The zero-order valence-electron chi connectivity index (χ0n) is 10.4. The zero-order chi connectivity index (χ0) is 11.4. The molecule has 0 aliphatic carbocycles. The summed E-state index contributed by atoms with van der Waals surface area (Å²) < 4.78 is 0. The highest BCUT2D eigenvalue weighted by Crippen LogP contribution is 2.19. The van der Waals surface area contributed by atoms with Crippen molar-refractivity contribution >= 4 is 5.91 Å². The van der Waals surface area contributed by atoms with Crippen LogP contribution in [0.4, 0.5) is 0 Å². The third-order valence-corrected chi connectivity index (χ3v) is 3.41. The summed E-state index contributed by atoms with van der Waals surface area (Å²) in [5.74, 6) is 0.962. The van der Waals surface area contributed by atoms with Crippen LogP contribution >= 0.6 is 0 Å². The molecule has 0 spiro atoms. The SMILES string of the molecule is CCC(C)CC(C)N1C(=O)CNC1CC. The van der Waals surface area contributed by atoms with E-state index in [0.29, 0.717) is 18.5 Å². The van der Waals surface area contributed by atoms with Crippen molar-refractivity contribution in [1.29, 1.82) is 0 Å². The Bertz CT molecular complexity index is 218. The van der Waals surface area contributed by atoms with Gasteiger partial charge in [0.1, 0.15) is 0 Å². The van der Waals surface area contributed by atoms with Gasteiger partial charge in [0, 0.05) is 6.04 Å². The highest BCUT2D eigenvalue weighted by atomic mass is 16.2. The Morgan fingerprint density at radius 1 is 1.47 bits per heavy atom. The third-order valence-electron chi connectivity index (χ3n) is 3.41. The molecule has 0 saturated carbocycles. The van der Waals surface area contributed by atoms with Crippen LogP contribution in [0, 0.1) is 5.92 Å². The highest BCUT2D eigenvalue weighted by molar-refractivity contribution is 5.80. The first-order chi connectivity index (χ1) is 7.10. The lowest BCUT2D eigenvalue weighted by atomic mass is 9.99. The van der Waals surface area contributed by atoms with Crippen LogP contribution in [-0.2, 0) is 4.79 Å². The van der Waals surface area contributed by atoms with Crippen molar-refractivity contribution in [3.63, 3.8) is 0 Å². The van der Waals surface area contributed by atoms with Crippen LogP contribution in [0.3, 0.4) is 0 Å². The summed E-state index contributed by atoms with van der Waals surface area (Å²) in [6.07, 6.45) is 3.56.